The molecule has 1 N–H and O–H groups in total. The van der Waals surface area contributed by atoms with Gasteiger partial charge in [0.15, 0.2) is 6.61 Å². The van der Waals surface area contributed by atoms with E-state index in [1.807, 2.05) is 50.2 Å². The summed E-state index contributed by atoms with van der Waals surface area (Å²) in [6, 6.07) is 13.8. The van der Waals surface area contributed by atoms with Gasteiger partial charge in [0, 0.05) is 10.9 Å². The number of esters is 1. The van der Waals surface area contributed by atoms with E-state index < -0.39 is 24.0 Å². The Bertz CT molecular complexity index is 1080. The summed E-state index contributed by atoms with van der Waals surface area (Å²) in [5.41, 5.74) is 0.394. The van der Waals surface area contributed by atoms with Gasteiger partial charge in [-0.15, -0.1) is 0 Å². The van der Waals surface area contributed by atoms with Crippen LogP contribution in [-0.4, -0.2) is 24.0 Å². The Morgan fingerprint density at radius 3 is 2.71 bits per heavy atom. The number of nitriles is 1. The second-order valence-corrected chi connectivity index (χ2v) is 7.28. The number of fused-ring (bicyclic) bond motifs is 3. The topological polar surface area (TPSA) is 92.3 Å². The number of rotatable bonds is 6. The number of hydrogen-bond acceptors (Lipinski definition) is 5. The molecule has 1 aromatic heterocycles. The van der Waals surface area contributed by atoms with E-state index in [4.69, 9.17) is 9.15 Å². The summed E-state index contributed by atoms with van der Waals surface area (Å²) < 4.78 is 10.7. The fourth-order valence-corrected chi connectivity index (χ4v) is 2.98. The van der Waals surface area contributed by atoms with Crippen molar-refractivity contribution in [3.63, 3.8) is 0 Å². The Morgan fingerprint density at radius 2 is 2.00 bits per heavy atom. The van der Waals surface area contributed by atoms with Crippen LogP contribution >= 0.6 is 0 Å². The standard InChI is InChI=1S/C22H22N2O4/c1-14(2)22(3,13-23)24-19(25)12-28-20(26)10-16-11-27-18-9-8-15-6-4-5-7-17(15)21(16)18/h4-9,11,14H,10,12H2,1-3H3,(H,24,25)/t22-/m1/s1. The first-order valence-electron chi connectivity index (χ1n) is 9.10. The van der Waals surface area contributed by atoms with Crippen LogP contribution in [0.4, 0.5) is 0 Å². The summed E-state index contributed by atoms with van der Waals surface area (Å²) in [6.45, 7) is 4.88. The molecule has 144 valence electrons. The van der Waals surface area contributed by atoms with Crippen molar-refractivity contribution in [3.05, 3.63) is 48.2 Å². The van der Waals surface area contributed by atoms with Gasteiger partial charge in [0.1, 0.15) is 11.1 Å². The van der Waals surface area contributed by atoms with Gasteiger partial charge in [0.05, 0.1) is 18.8 Å². The average Bonchev–Trinajstić information content (AvgIpc) is 3.09. The van der Waals surface area contributed by atoms with Crippen LogP contribution in [0.25, 0.3) is 21.7 Å². The SMILES string of the molecule is CC(C)[C@@](C)(C#N)NC(=O)COC(=O)Cc1coc2ccc3ccccc3c12. The molecular weight excluding hydrogens is 356 g/mol. The zero-order valence-electron chi connectivity index (χ0n) is 16.1. The van der Waals surface area contributed by atoms with Crippen molar-refractivity contribution in [3.8, 4) is 6.07 Å². The predicted octanol–water partition coefficient (Wildman–Crippen LogP) is 3.73. The highest BCUT2D eigenvalue weighted by atomic mass is 16.5. The zero-order valence-corrected chi connectivity index (χ0v) is 16.1. The summed E-state index contributed by atoms with van der Waals surface area (Å²) in [6.07, 6.45) is 1.54. The van der Waals surface area contributed by atoms with Crippen LogP contribution in [0.3, 0.4) is 0 Å². The fourth-order valence-electron chi connectivity index (χ4n) is 2.98. The highest BCUT2D eigenvalue weighted by Crippen LogP contribution is 2.30. The smallest absolute Gasteiger partial charge is 0.310 e. The maximum absolute atomic E-state index is 12.3. The third-order valence-electron chi connectivity index (χ3n) is 5.03. The molecule has 6 nitrogen and oxygen atoms in total. The van der Waals surface area contributed by atoms with Crippen LogP contribution in [0, 0.1) is 17.2 Å². The molecule has 28 heavy (non-hydrogen) atoms. The third kappa shape index (κ3) is 3.84. The number of nitrogens with zero attached hydrogens (tertiary/aromatic N) is 1. The summed E-state index contributed by atoms with van der Waals surface area (Å²) >= 11 is 0. The minimum Gasteiger partial charge on any atom is -0.464 e. The molecule has 0 aliphatic rings. The van der Waals surface area contributed by atoms with Gasteiger partial charge in [-0.3, -0.25) is 9.59 Å². The molecule has 3 aromatic rings. The quantitative estimate of drug-likeness (QED) is 0.660. The van der Waals surface area contributed by atoms with Crippen LogP contribution < -0.4 is 5.32 Å². The Labute approximate surface area is 163 Å². The van der Waals surface area contributed by atoms with Gasteiger partial charge in [-0.05, 0) is 29.7 Å². The Morgan fingerprint density at radius 1 is 1.25 bits per heavy atom. The molecule has 6 heteroatoms. The first kappa shape index (κ1) is 19.4. The molecular formula is C22H22N2O4. The maximum atomic E-state index is 12.3. The maximum Gasteiger partial charge on any atom is 0.310 e. The van der Waals surface area contributed by atoms with Crippen LogP contribution in [0.2, 0.25) is 0 Å². The van der Waals surface area contributed by atoms with Gasteiger partial charge in [0.2, 0.25) is 0 Å². The highest BCUT2D eigenvalue weighted by Gasteiger charge is 2.30. The van der Waals surface area contributed by atoms with Crippen molar-refractivity contribution in [2.45, 2.75) is 32.7 Å². The number of carbonyl (C=O) groups excluding carboxylic acids is 2. The number of furan rings is 1. The Balaban J connectivity index is 1.68. The number of nitrogens with one attached hydrogen (secondary N) is 1. The largest absolute Gasteiger partial charge is 0.464 e. The summed E-state index contributed by atoms with van der Waals surface area (Å²) in [5, 5.41) is 14.8. The Hall–Kier alpha value is -3.33. The summed E-state index contributed by atoms with van der Waals surface area (Å²) in [4.78, 5) is 24.3. The van der Waals surface area contributed by atoms with Gasteiger partial charge in [-0.25, -0.2) is 0 Å². The molecule has 3 rings (SSSR count). The molecule has 0 spiro atoms. The number of amides is 1. The van der Waals surface area contributed by atoms with Crippen LogP contribution in [0.1, 0.15) is 26.3 Å². The van der Waals surface area contributed by atoms with Gasteiger partial charge in [0.25, 0.3) is 5.91 Å². The number of benzene rings is 2. The second kappa shape index (κ2) is 7.73. The normalized spacial score (nSPS) is 13.2. The molecule has 1 atom stereocenters. The van der Waals surface area contributed by atoms with E-state index in [-0.39, 0.29) is 12.3 Å². The lowest BCUT2D eigenvalue weighted by Gasteiger charge is -2.27. The van der Waals surface area contributed by atoms with E-state index in [0.29, 0.717) is 11.1 Å². The monoisotopic (exact) mass is 378 g/mol. The van der Waals surface area contributed by atoms with Crippen molar-refractivity contribution >= 4 is 33.6 Å². The van der Waals surface area contributed by atoms with Crippen molar-refractivity contribution in [1.29, 1.82) is 5.26 Å². The highest BCUT2D eigenvalue weighted by molar-refractivity contribution is 6.08. The third-order valence-corrected chi connectivity index (χ3v) is 5.03. The summed E-state index contributed by atoms with van der Waals surface area (Å²) in [7, 11) is 0. The lowest BCUT2D eigenvalue weighted by Crippen LogP contribution is -2.50. The van der Waals surface area contributed by atoms with Crippen LogP contribution in [0.15, 0.2) is 47.1 Å². The fraction of sp³-hybridized carbons (Fsp3) is 0.318. The molecule has 0 fully saturated rings. The van der Waals surface area contributed by atoms with Gasteiger partial charge >= 0.3 is 5.97 Å². The van der Waals surface area contributed by atoms with E-state index in [1.165, 1.54) is 0 Å². The molecule has 1 heterocycles. The summed E-state index contributed by atoms with van der Waals surface area (Å²) in [5.74, 6) is -1.12. The van der Waals surface area contributed by atoms with Crippen molar-refractivity contribution in [1.82, 2.24) is 5.32 Å². The molecule has 0 saturated heterocycles. The van der Waals surface area contributed by atoms with Crippen LogP contribution in [0.5, 0.6) is 0 Å². The lowest BCUT2D eigenvalue weighted by atomic mass is 9.90. The van der Waals surface area contributed by atoms with Crippen molar-refractivity contribution in [2.24, 2.45) is 5.92 Å². The number of ether oxygens (including phenoxy) is 1. The van der Waals surface area contributed by atoms with E-state index in [2.05, 4.69) is 11.4 Å². The first-order valence-corrected chi connectivity index (χ1v) is 9.10. The molecule has 1 amide bonds. The average molecular weight is 378 g/mol. The van der Waals surface area contributed by atoms with E-state index in [1.54, 1.807) is 13.2 Å². The minimum atomic E-state index is -1.01. The number of carbonyl (C=O) groups is 2. The number of hydrogen-bond donors (Lipinski definition) is 1. The molecule has 0 aliphatic carbocycles. The van der Waals surface area contributed by atoms with E-state index in [9.17, 15) is 14.9 Å². The minimum absolute atomic E-state index is 0.00597. The van der Waals surface area contributed by atoms with E-state index >= 15 is 0 Å². The van der Waals surface area contributed by atoms with E-state index in [0.717, 1.165) is 16.2 Å². The molecule has 0 radical (unpaired) electrons. The zero-order chi connectivity index (χ0) is 20.3. The van der Waals surface area contributed by atoms with Gasteiger partial charge < -0.3 is 14.5 Å². The molecule has 0 bridgehead atoms. The van der Waals surface area contributed by atoms with Crippen LogP contribution in [-0.2, 0) is 20.7 Å². The van der Waals surface area contributed by atoms with Crippen molar-refractivity contribution < 1.29 is 18.7 Å². The molecule has 0 saturated carbocycles. The molecule has 0 unspecified atom stereocenters. The predicted molar refractivity (Wildman–Crippen MR) is 105 cm³/mol. The van der Waals surface area contributed by atoms with Gasteiger partial charge in [-0.1, -0.05) is 44.2 Å². The van der Waals surface area contributed by atoms with Crippen molar-refractivity contribution in [2.75, 3.05) is 6.61 Å². The lowest BCUT2D eigenvalue weighted by molar-refractivity contribution is -0.148. The Kier molecular flexibility index (Phi) is 5.36. The van der Waals surface area contributed by atoms with Gasteiger partial charge in [-0.2, -0.15) is 5.26 Å². The first-order chi connectivity index (χ1) is 13.3. The second-order valence-electron chi connectivity index (χ2n) is 7.28. The molecule has 2 aromatic carbocycles. The molecule has 0 aliphatic heterocycles.